The molecule has 0 aliphatic rings. The van der Waals surface area contributed by atoms with Crippen LogP contribution in [0, 0.1) is 6.92 Å². The SMILES string of the molecule is CCOC(=O)c1cc(NCc2ccc(C)s2)ccc1N. The normalized spacial score (nSPS) is 10.3. The smallest absolute Gasteiger partial charge is 0.340 e. The summed E-state index contributed by atoms with van der Waals surface area (Å²) in [5, 5.41) is 3.29. The fraction of sp³-hybridized carbons (Fsp3) is 0.267. The largest absolute Gasteiger partial charge is 0.462 e. The molecule has 0 bridgehead atoms. The minimum atomic E-state index is -0.388. The number of nitrogen functional groups attached to an aromatic ring is 1. The van der Waals surface area contributed by atoms with Gasteiger partial charge in [-0.2, -0.15) is 0 Å². The lowest BCUT2D eigenvalue weighted by Gasteiger charge is -2.09. The third-order valence-corrected chi connectivity index (χ3v) is 3.81. The maximum Gasteiger partial charge on any atom is 0.340 e. The molecule has 20 heavy (non-hydrogen) atoms. The zero-order chi connectivity index (χ0) is 14.5. The van der Waals surface area contributed by atoms with E-state index in [2.05, 4.69) is 24.4 Å². The lowest BCUT2D eigenvalue weighted by Crippen LogP contribution is -2.09. The number of benzene rings is 1. The number of thiophene rings is 1. The Labute approximate surface area is 122 Å². The van der Waals surface area contributed by atoms with E-state index in [-0.39, 0.29) is 5.97 Å². The summed E-state index contributed by atoms with van der Waals surface area (Å²) in [6, 6.07) is 9.49. The van der Waals surface area contributed by atoms with Gasteiger partial charge in [0.05, 0.1) is 12.2 Å². The molecule has 106 valence electrons. The van der Waals surface area contributed by atoms with Crippen LogP contribution < -0.4 is 11.1 Å². The summed E-state index contributed by atoms with van der Waals surface area (Å²) in [5.74, 6) is -0.388. The fourth-order valence-corrected chi connectivity index (χ4v) is 2.65. The highest BCUT2D eigenvalue weighted by atomic mass is 32.1. The van der Waals surface area contributed by atoms with Gasteiger partial charge in [0, 0.05) is 27.7 Å². The molecule has 1 aromatic heterocycles. The first-order valence-electron chi connectivity index (χ1n) is 6.46. The molecule has 3 N–H and O–H groups in total. The molecular weight excluding hydrogens is 272 g/mol. The molecule has 1 heterocycles. The summed E-state index contributed by atoms with van der Waals surface area (Å²) in [6.07, 6.45) is 0. The quantitative estimate of drug-likeness (QED) is 0.654. The first-order chi connectivity index (χ1) is 9.60. The predicted molar refractivity (Wildman–Crippen MR) is 83.2 cm³/mol. The van der Waals surface area contributed by atoms with E-state index in [4.69, 9.17) is 10.5 Å². The number of nitrogens with one attached hydrogen (secondary N) is 1. The van der Waals surface area contributed by atoms with E-state index in [0.29, 0.717) is 17.9 Å². The van der Waals surface area contributed by atoms with E-state index >= 15 is 0 Å². The van der Waals surface area contributed by atoms with Crippen molar-refractivity contribution in [2.24, 2.45) is 0 Å². The number of rotatable bonds is 5. The van der Waals surface area contributed by atoms with Gasteiger partial charge in [-0.3, -0.25) is 0 Å². The standard InChI is InChI=1S/C15H18N2O2S/c1-3-19-15(18)13-8-11(5-7-14(13)16)17-9-12-6-4-10(2)20-12/h4-8,17H,3,9,16H2,1-2H3. The van der Waals surface area contributed by atoms with Crippen molar-refractivity contribution in [3.05, 3.63) is 45.6 Å². The Hall–Kier alpha value is -2.01. The third kappa shape index (κ3) is 3.51. The van der Waals surface area contributed by atoms with Gasteiger partial charge in [0.15, 0.2) is 0 Å². The minimum absolute atomic E-state index is 0.338. The van der Waals surface area contributed by atoms with Crippen LogP contribution >= 0.6 is 11.3 Å². The molecule has 0 spiro atoms. The van der Waals surface area contributed by atoms with Gasteiger partial charge in [-0.25, -0.2) is 4.79 Å². The molecule has 0 aliphatic heterocycles. The van der Waals surface area contributed by atoms with Crippen LogP contribution in [0.5, 0.6) is 0 Å². The van der Waals surface area contributed by atoms with Crippen LogP contribution in [0.25, 0.3) is 0 Å². The lowest BCUT2D eigenvalue weighted by atomic mass is 10.1. The summed E-state index contributed by atoms with van der Waals surface area (Å²) >= 11 is 1.75. The van der Waals surface area contributed by atoms with Gasteiger partial charge in [0.1, 0.15) is 0 Å². The van der Waals surface area contributed by atoms with Crippen molar-refractivity contribution in [2.75, 3.05) is 17.7 Å². The van der Waals surface area contributed by atoms with Crippen molar-refractivity contribution < 1.29 is 9.53 Å². The van der Waals surface area contributed by atoms with Gasteiger partial charge in [-0.05, 0) is 44.2 Å². The van der Waals surface area contributed by atoms with Gasteiger partial charge in [-0.1, -0.05) is 0 Å². The second kappa shape index (κ2) is 6.43. The summed E-state index contributed by atoms with van der Waals surface area (Å²) in [4.78, 5) is 14.3. The monoisotopic (exact) mass is 290 g/mol. The summed E-state index contributed by atoms with van der Waals surface area (Å²) in [7, 11) is 0. The fourth-order valence-electron chi connectivity index (χ4n) is 1.82. The number of anilines is 2. The molecule has 2 rings (SSSR count). The predicted octanol–water partition coefficient (Wildman–Crippen LogP) is 3.43. The minimum Gasteiger partial charge on any atom is -0.462 e. The van der Waals surface area contributed by atoms with Crippen LogP contribution in [-0.4, -0.2) is 12.6 Å². The first-order valence-corrected chi connectivity index (χ1v) is 7.27. The number of aryl methyl sites for hydroxylation is 1. The zero-order valence-corrected chi connectivity index (χ0v) is 12.4. The van der Waals surface area contributed by atoms with Crippen molar-refractivity contribution in [2.45, 2.75) is 20.4 Å². The summed E-state index contributed by atoms with van der Waals surface area (Å²) < 4.78 is 4.99. The van der Waals surface area contributed by atoms with E-state index in [1.165, 1.54) is 9.75 Å². The van der Waals surface area contributed by atoms with E-state index in [1.54, 1.807) is 30.4 Å². The second-order valence-corrected chi connectivity index (χ2v) is 5.76. The Kier molecular flexibility index (Phi) is 4.63. The van der Waals surface area contributed by atoms with E-state index < -0.39 is 0 Å². The Morgan fingerprint density at radius 3 is 2.80 bits per heavy atom. The molecule has 4 nitrogen and oxygen atoms in total. The van der Waals surface area contributed by atoms with Crippen LogP contribution in [0.4, 0.5) is 11.4 Å². The highest BCUT2D eigenvalue weighted by Gasteiger charge is 2.11. The Balaban J connectivity index is 2.08. The van der Waals surface area contributed by atoms with Crippen LogP contribution in [0.15, 0.2) is 30.3 Å². The number of carbonyl (C=O) groups excluding carboxylic acids is 1. The second-order valence-electron chi connectivity index (χ2n) is 4.39. The molecule has 2 aromatic rings. The lowest BCUT2D eigenvalue weighted by molar-refractivity contribution is 0.0527. The molecular formula is C15H18N2O2S. The molecule has 0 saturated carbocycles. The van der Waals surface area contributed by atoms with Crippen molar-refractivity contribution >= 4 is 28.7 Å². The Morgan fingerprint density at radius 1 is 1.35 bits per heavy atom. The van der Waals surface area contributed by atoms with Crippen LogP contribution in [-0.2, 0) is 11.3 Å². The average Bonchev–Trinajstić information content (AvgIpc) is 2.84. The maximum atomic E-state index is 11.8. The van der Waals surface area contributed by atoms with Gasteiger partial charge in [0.25, 0.3) is 0 Å². The van der Waals surface area contributed by atoms with Crippen LogP contribution in [0.2, 0.25) is 0 Å². The third-order valence-electron chi connectivity index (χ3n) is 2.81. The molecule has 1 aromatic carbocycles. The Bertz CT molecular complexity index is 608. The number of nitrogens with two attached hydrogens (primary N) is 1. The molecule has 0 saturated heterocycles. The van der Waals surface area contributed by atoms with Crippen molar-refractivity contribution in [3.63, 3.8) is 0 Å². The van der Waals surface area contributed by atoms with Crippen LogP contribution in [0.1, 0.15) is 27.0 Å². The number of hydrogen-bond donors (Lipinski definition) is 2. The number of hydrogen-bond acceptors (Lipinski definition) is 5. The van der Waals surface area contributed by atoms with Crippen molar-refractivity contribution in [3.8, 4) is 0 Å². The number of esters is 1. The zero-order valence-electron chi connectivity index (χ0n) is 11.6. The molecule has 0 aliphatic carbocycles. The number of carbonyl (C=O) groups is 1. The van der Waals surface area contributed by atoms with E-state index in [9.17, 15) is 4.79 Å². The van der Waals surface area contributed by atoms with Crippen LogP contribution in [0.3, 0.4) is 0 Å². The molecule has 5 heteroatoms. The maximum absolute atomic E-state index is 11.8. The molecule has 0 fully saturated rings. The summed E-state index contributed by atoms with van der Waals surface area (Å²) in [6.45, 7) is 4.92. The van der Waals surface area contributed by atoms with Gasteiger partial charge in [0.2, 0.25) is 0 Å². The van der Waals surface area contributed by atoms with Gasteiger partial charge in [-0.15, -0.1) is 11.3 Å². The first kappa shape index (κ1) is 14.4. The Morgan fingerprint density at radius 2 is 2.15 bits per heavy atom. The molecule has 0 amide bonds. The highest BCUT2D eigenvalue weighted by molar-refractivity contribution is 7.11. The average molecular weight is 290 g/mol. The van der Waals surface area contributed by atoms with Gasteiger partial charge < -0.3 is 15.8 Å². The topological polar surface area (TPSA) is 64.3 Å². The molecule has 0 radical (unpaired) electrons. The van der Waals surface area contributed by atoms with E-state index in [0.717, 1.165) is 12.2 Å². The number of ether oxygens (including phenoxy) is 1. The molecule has 0 atom stereocenters. The molecule has 0 unspecified atom stereocenters. The highest BCUT2D eigenvalue weighted by Crippen LogP contribution is 2.21. The van der Waals surface area contributed by atoms with Gasteiger partial charge >= 0.3 is 5.97 Å². The summed E-state index contributed by atoms with van der Waals surface area (Å²) in [5.41, 5.74) is 7.49. The van der Waals surface area contributed by atoms with Crippen molar-refractivity contribution in [1.29, 1.82) is 0 Å². The van der Waals surface area contributed by atoms with Crippen molar-refractivity contribution in [1.82, 2.24) is 0 Å². The van der Waals surface area contributed by atoms with E-state index in [1.807, 2.05) is 6.07 Å².